The quantitative estimate of drug-likeness (QED) is 0.402. The number of nitrogens with zero attached hydrogens (tertiary/aromatic N) is 1. The number of H-pyrrole nitrogens is 1. The second-order valence-electron chi connectivity index (χ2n) is 9.98. The standard InChI is InChI=1S/C28H33N3OS/c1-17-4-9-21(10-5-17)26-27(22-11-6-18(2)7-12-22)31-28(30-26)33-16-25(32)29-19(3)24-15-20-8-13-23(24)14-20/h4-7,9-12,19-20,23-24H,8,13-16H2,1-3H3,(H,29,32)(H,30,31). The summed E-state index contributed by atoms with van der Waals surface area (Å²) in [5.74, 6) is 2.84. The average molecular weight is 460 g/mol. The first-order valence-corrected chi connectivity index (χ1v) is 13.1. The molecule has 2 aromatic carbocycles. The van der Waals surface area contributed by atoms with Crippen LogP contribution in [0.3, 0.4) is 0 Å². The lowest BCUT2D eigenvalue weighted by molar-refractivity contribution is -0.119. The Morgan fingerprint density at radius 1 is 1.03 bits per heavy atom. The second kappa shape index (κ2) is 9.38. The maximum atomic E-state index is 12.7. The lowest BCUT2D eigenvalue weighted by Crippen LogP contribution is -2.40. The zero-order valence-electron chi connectivity index (χ0n) is 19.7. The Labute approximate surface area is 201 Å². The first kappa shape index (κ1) is 22.3. The molecule has 5 rings (SSSR count). The summed E-state index contributed by atoms with van der Waals surface area (Å²) >= 11 is 1.48. The molecule has 3 aromatic rings. The summed E-state index contributed by atoms with van der Waals surface area (Å²) in [4.78, 5) is 21.1. The van der Waals surface area contributed by atoms with Crippen LogP contribution in [0.5, 0.6) is 0 Å². The molecule has 5 heteroatoms. The Bertz CT molecular complexity index is 1060. The van der Waals surface area contributed by atoms with Gasteiger partial charge < -0.3 is 10.3 Å². The van der Waals surface area contributed by atoms with Gasteiger partial charge in [0.2, 0.25) is 5.91 Å². The van der Waals surface area contributed by atoms with Crippen LogP contribution >= 0.6 is 11.8 Å². The van der Waals surface area contributed by atoms with Crippen LogP contribution < -0.4 is 5.32 Å². The predicted molar refractivity (Wildman–Crippen MR) is 136 cm³/mol. The number of hydrogen-bond donors (Lipinski definition) is 2. The van der Waals surface area contributed by atoms with E-state index in [9.17, 15) is 4.79 Å². The molecule has 0 aliphatic heterocycles. The van der Waals surface area contributed by atoms with Crippen LogP contribution in [0.25, 0.3) is 22.5 Å². The third kappa shape index (κ3) is 4.89. The predicted octanol–water partition coefficient (Wildman–Crippen LogP) is 6.39. The van der Waals surface area contributed by atoms with Crippen LogP contribution in [-0.4, -0.2) is 27.7 Å². The van der Waals surface area contributed by atoms with Gasteiger partial charge in [-0.15, -0.1) is 0 Å². The largest absolute Gasteiger partial charge is 0.353 e. The van der Waals surface area contributed by atoms with E-state index in [-0.39, 0.29) is 11.9 Å². The number of benzene rings is 2. The van der Waals surface area contributed by atoms with E-state index in [2.05, 4.69) is 79.6 Å². The smallest absolute Gasteiger partial charge is 0.230 e. The highest BCUT2D eigenvalue weighted by Crippen LogP contribution is 2.49. The van der Waals surface area contributed by atoms with Crippen LogP contribution in [0.2, 0.25) is 0 Å². The average Bonchev–Trinajstić information content (AvgIpc) is 3.55. The lowest BCUT2D eigenvalue weighted by Gasteiger charge is -2.28. The molecule has 4 unspecified atom stereocenters. The Hall–Kier alpha value is -2.53. The van der Waals surface area contributed by atoms with Crippen molar-refractivity contribution in [3.8, 4) is 22.5 Å². The van der Waals surface area contributed by atoms with E-state index in [1.807, 2.05) is 0 Å². The van der Waals surface area contributed by atoms with Crippen molar-refractivity contribution < 1.29 is 4.79 Å². The van der Waals surface area contributed by atoms with Gasteiger partial charge in [0, 0.05) is 17.2 Å². The van der Waals surface area contributed by atoms with Gasteiger partial charge in [0.1, 0.15) is 0 Å². The summed E-state index contributed by atoms with van der Waals surface area (Å²) < 4.78 is 0. The van der Waals surface area contributed by atoms with Gasteiger partial charge in [-0.1, -0.05) is 77.8 Å². The summed E-state index contributed by atoms with van der Waals surface area (Å²) in [7, 11) is 0. The fourth-order valence-corrected chi connectivity index (χ4v) is 6.39. The number of carbonyl (C=O) groups is 1. The highest BCUT2D eigenvalue weighted by atomic mass is 32.2. The van der Waals surface area contributed by atoms with Crippen molar-refractivity contribution in [2.75, 3.05) is 5.75 Å². The summed E-state index contributed by atoms with van der Waals surface area (Å²) in [5.41, 5.74) is 6.56. The number of rotatable bonds is 7. The second-order valence-corrected chi connectivity index (χ2v) is 10.9. The number of hydrogen-bond acceptors (Lipinski definition) is 3. The molecule has 4 atom stereocenters. The molecule has 1 amide bonds. The molecular formula is C28H33N3OS. The van der Waals surface area contributed by atoms with Crippen molar-refractivity contribution in [1.29, 1.82) is 0 Å². The zero-order valence-corrected chi connectivity index (χ0v) is 20.5. The highest BCUT2D eigenvalue weighted by Gasteiger charge is 2.42. The van der Waals surface area contributed by atoms with E-state index < -0.39 is 0 Å². The van der Waals surface area contributed by atoms with Crippen molar-refractivity contribution in [2.24, 2.45) is 17.8 Å². The molecule has 2 aliphatic rings. The number of aromatic nitrogens is 2. The maximum Gasteiger partial charge on any atom is 0.230 e. The Balaban J connectivity index is 1.29. The van der Waals surface area contributed by atoms with E-state index in [1.54, 1.807) is 0 Å². The number of fused-ring (bicyclic) bond motifs is 2. The summed E-state index contributed by atoms with van der Waals surface area (Å²) in [6.45, 7) is 6.37. The number of carbonyl (C=O) groups excluding carboxylic acids is 1. The van der Waals surface area contributed by atoms with Crippen LogP contribution in [0, 0.1) is 31.6 Å². The van der Waals surface area contributed by atoms with Gasteiger partial charge in [-0.25, -0.2) is 4.98 Å². The molecule has 1 heterocycles. The van der Waals surface area contributed by atoms with Crippen molar-refractivity contribution in [2.45, 2.75) is 57.7 Å². The third-order valence-corrected chi connectivity index (χ3v) is 8.38. The Morgan fingerprint density at radius 3 is 2.30 bits per heavy atom. The maximum absolute atomic E-state index is 12.7. The van der Waals surface area contributed by atoms with Gasteiger partial charge in [0.15, 0.2) is 5.16 Å². The van der Waals surface area contributed by atoms with Crippen molar-refractivity contribution in [3.05, 3.63) is 59.7 Å². The van der Waals surface area contributed by atoms with Crippen molar-refractivity contribution in [1.82, 2.24) is 15.3 Å². The monoisotopic (exact) mass is 459 g/mol. The Morgan fingerprint density at radius 2 is 1.70 bits per heavy atom. The minimum atomic E-state index is 0.0976. The molecule has 4 nitrogen and oxygen atoms in total. The van der Waals surface area contributed by atoms with Crippen molar-refractivity contribution >= 4 is 17.7 Å². The molecule has 0 radical (unpaired) electrons. The first-order chi connectivity index (χ1) is 16.0. The molecule has 2 saturated carbocycles. The first-order valence-electron chi connectivity index (χ1n) is 12.1. The van der Waals surface area contributed by atoms with Crippen LogP contribution in [-0.2, 0) is 4.79 Å². The number of aryl methyl sites for hydroxylation is 2. The third-order valence-electron chi connectivity index (χ3n) is 7.51. The molecule has 0 spiro atoms. The molecule has 0 saturated heterocycles. The van der Waals surface area contributed by atoms with Crippen LogP contribution in [0.1, 0.15) is 43.7 Å². The van der Waals surface area contributed by atoms with E-state index in [0.29, 0.717) is 11.7 Å². The van der Waals surface area contributed by atoms with E-state index in [4.69, 9.17) is 4.98 Å². The molecule has 1 aromatic heterocycles. The van der Waals surface area contributed by atoms with E-state index >= 15 is 0 Å². The zero-order chi connectivity index (χ0) is 22.9. The number of nitrogens with one attached hydrogen (secondary N) is 2. The number of imidazole rings is 1. The van der Waals surface area contributed by atoms with Gasteiger partial charge in [0.05, 0.1) is 17.1 Å². The highest BCUT2D eigenvalue weighted by molar-refractivity contribution is 7.99. The molecule has 172 valence electrons. The van der Waals surface area contributed by atoms with Gasteiger partial charge in [0.25, 0.3) is 0 Å². The molecule has 2 N–H and O–H groups in total. The molecular weight excluding hydrogens is 426 g/mol. The van der Waals surface area contributed by atoms with Crippen LogP contribution in [0.15, 0.2) is 53.7 Å². The van der Waals surface area contributed by atoms with Gasteiger partial charge in [-0.3, -0.25) is 4.79 Å². The summed E-state index contributed by atoms with van der Waals surface area (Å²) in [6.07, 6.45) is 5.40. The van der Waals surface area contributed by atoms with Crippen LogP contribution in [0.4, 0.5) is 0 Å². The summed E-state index contributed by atoms with van der Waals surface area (Å²) in [6, 6.07) is 17.2. The topological polar surface area (TPSA) is 57.8 Å². The minimum Gasteiger partial charge on any atom is -0.353 e. The molecule has 2 aliphatic carbocycles. The molecule has 2 bridgehead atoms. The lowest BCUT2D eigenvalue weighted by atomic mass is 9.84. The molecule has 33 heavy (non-hydrogen) atoms. The normalized spacial score (nSPS) is 22.5. The number of amides is 1. The fraction of sp³-hybridized carbons (Fsp3) is 0.429. The van der Waals surface area contributed by atoms with Crippen molar-refractivity contribution in [3.63, 3.8) is 0 Å². The molecule has 2 fully saturated rings. The fourth-order valence-electron chi connectivity index (χ4n) is 5.71. The van der Waals surface area contributed by atoms with E-state index in [1.165, 1.54) is 48.6 Å². The minimum absolute atomic E-state index is 0.0976. The van der Waals surface area contributed by atoms with Gasteiger partial charge in [-0.2, -0.15) is 0 Å². The van der Waals surface area contributed by atoms with Gasteiger partial charge in [-0.05, 0) is 57.8 Å². The Kier molecular flexibility index (Phi) is 6.33. The van der Waals surface area contributed by atoms with Gasteiger partial charge >= 0.3 is 0 Å². The van der Waals surface area contributed by atoms with E-state index in [0.717, 1.165) is 39.5 Å². The number of thioether (sulfide) groups is 1. The SMILES string of the molecule is Cc1ccc(-c2nc(SCC(=O)NC(C)C3CC4CCC3C4)[nH]c2-c2ccc(C)cc2)cc1. The number of aromatic amines is 1. The summed E-state index contributed by atoms with van der Waals surface area (Å²) in [5, 5.41) is 4.05.